The molecule has 0 aliphatic carbocycles. The average molecular weight is 526 g/mol. The molecule has 0 aromatic carbocycles. The van der Waals surface area contributed by atoms with Gasteiger partial charge in [-0.1, -0.05) is 75.1 Å². The van der Waals surface area contributed by atoms with E-state index in [4.69, 9.17) is 4.99 Å². The number of hydrogen-bond donors (Lipinski definition) is 0. The summed E-state index contributed by atoms with van der Waals surface area (Å²) in [6.07, 6.45) is 14.4. The second-order valence-corrected chi connectivity index (χ2v) is 10.9. The van der Waals surface area contributed by atoms with Gasteiger partial charge in [0.25, 0.3) is 0 Å². The van der Waals surface area contributed by atoms with Crippen LogP contribution in [0.1, 0.15) is 60.8 Å². The number of ketones is 1. The fourth-order valence-corrected chi connectivity index (χ4v) is 5.00. The summed E-state index contributed by atoms with van der Waals surface area (Å²) >= 11 is 0. The van der Waals surface area contributed by atoms with Crippen molar-refractivity contribution in [3.63, 3.8) is 0 Å². The van der Waals surface area contributed by atoms with E-state index >= 15 is 0 Å². The molecule has 2 atom stereocenters. The third-order valence-corrected chi connectivity index (χ3v) is 7.25. The van der Waals surface area contributed by atoms with Crippen LogP contribution in [-0.2, 0) is 4.79 Å². The van der Waals surface area contributed by atoms with E-state index in [1.54, 1.807) is 13.1 Å². The molecule has 0 amide bonds. The number of hydrogen-bond acceptors (Lipinski definition) is 4. The normalized spacial score (nSPS) is 21.7. The molecule has 2 aliphatic rings. The van der Waals surface area contributed by atoms with E-state index in [2.05, 4.69) is 82.1 Å². The van der Waals surface area contributed by atoms with Gasteiger partial charge in [-0.25, -0.2) is 0 Å². The molecular weight excluding hydrogens is 478 g/mol. The van der Waals surface area contributed by atoms with Crippen molar-refractivity contribution in [2.45, 2.75) is 60.8 Å². The Labute approximate surface area is 237 Å². The van der Waals surface area contributed by atoms with Crippen molar-refractivity contribution >= 4 is 17.2 Å². The first-order valence-corrected chi connectivity index (χ1v) is 13.8. The quantitative estimate of drug-likeness (QED) is 0.131. The van der Waals surface area contributed by atoms with Crippen LogP contribution >= 0.6 is 0 Å². The SMILES string of the molecule is C=C/C(C)=C\C(C)/C(=C\C(=N/C)C1=CC(=O)C(=C)CC(/C(C)=C\C(=C/C)N2CCC(=C)C[C@@H](C)C2)=N1)C(=C)C. The molecule has 2 heterocycles. The summed E-state index contributed by atoms with van der Waals surface area (Å²) in [7, 11) is 1.73. The van der Waals surface area contributed by atoms with E-state index < -0.39 is 0 Å². The molecule has 4 heteroatoms. The van der Waals surface area contributed by atoms with Crippen molar-refractivity contribution in [3.8, 4) is 0 Å². The van der Waals surface area contributed by atoms with Crippen LogP contribution in [0.4, 0.5) is 0 Å². The molecule has 0 bridgehead atoms. The lowest BCUT2D eigenvalue weighted by Gasteiger charge is -2.26. The maximum atomic E-state index is 13.0. The number of rotatable bonds is 9. The minimum absolute atomic E-state index is 0.101. The summed E-state index contributed by atoms with van der Waals surface area (Å²) < 4.78 is 0. The number of allylic oxidation sites excluding steroid dienone is 11. The zero-order valence-corrected chi connectivity index (χ0v) is 25.2. The molecule has 2 rings (SSSR count). The van der Waals surface area contributed by atoms with Gasteiger partial charge in [0.1, 0.15) is 0 Å². The molecule has 1 saturated heterocycles. The zero-order valence-electron chi connectivity index (χ0n) is 25.2. The Balaban J connectivity index is 2.52. The van der Waals surface area contributed by atoms with E-state index in [0.717, 1.165) is 59.6 Å². The van der Waals surface area contributed by atoms with Gasteiger partial charge in [-0.15, -0.1) is 0 Å². The molecular formula is C35H47N3O. The van der Waals surface area contributed by atoms with Gasteiger partial charge in [-0.3, -0.25) is 14.8 Å². The molecule has 0 aromatic rings. The van der Waals surface area contributed by atoms with Gasteiger partial charge < -0.3 is 4.90 Å². The standard InChI is InChI=1S/C35H47N3O/c1-12-24(5)17-27(8)31(23(3)4)20-33(36-11)34-21-35(39)29(10)19-32(37-34)28(9)18-30(13-2)38-15-14-25(6)16-26(7)22-38/h12-13,17-18,20-21,26-27H,1,3,6,10,14-16,19,22H2,2,4-5,7-9,11H3/b24-17-,28-18-,30-13+,31-20-,36-33+/t26-,27?/m1/s1. The summed E-state index contributed by atoms with van der Waals surface area (Å²) in [4.78, 5) is 24.9. The Morgan fingerprint density at radius 2 is 1.92 bits per heavy atom. The number of carbonyl (C=O) groups is 1. The predicted molar refractivity (Wildman–Crippen MR) is 170 cm³/mol. The molecule has 0 spiro atoms. The van der Waals surface area contributed by atoms with Crippen LogP contribution in [0.3, 0.4) is 0 Å². The monoisotopic (exact) mass is 525 g/mol. The summed E-state index contributed by atoms with van der Waals surface area (Å²) in [6, 6.07) is 0. The molecule has 1 fully saturated rings. The molecule has 1 unspecified atom stereocenters. The first kappa shape index (κ1) is 31.7. The van der Waals surface area contributed by atoms with E-state index in [-0.39, 0.29) is 11.7 Å². The average Bonchev–Trinajstić information content (AvgIpc) is 3.14. The highest BCUT2D eigenvalue weighted by atomic mass is 16.1. The molecule has 0 aromatic heterocycles. The number of carbonyl (C=O) groups excluding carboxylic acids is 1. The molecule has 0 N–H and O–H groups in total. The minimum Gasteiger partial charge on any atom is -0.371 e. The highest BCUT2D eigenvalue weighted by Crippen LogP contribution is 2.26. The number of likely N-dealkylation sites (tertiary alicyclic amines) is 1. The Hall–Kier alpha value is -3.53. The van der Waals surface area contributed by atoms with Gasteiger partial charge in [0.2, 0.25) is 0 Å². The van der Waals surface area contributed by atoms with Crippen molar-refractivity contribution < 1.29 is 4.79 Å². The van der Waals surface area contributed by atoms with Gasteiger partial charge in [-0.05, 0) is 81.2 Å². The minimum atomic E-state index is -0.121. The number of nitrogens with zero attached hydrogens (tertiary/aromatic N) is 3. The fourth-order valence-electron chi connectivity index (χ4n) is 5.00. The topological polar surface area (TPSA) is 45.0 Å². The third-order valence-electron chi connectivity index (χ3n) is 7.25. The van der Waals surface area contributed by atoms with Crippen LogP contribution in [0.25, 0.3) is 0 Å². The van der Waals surface area contributed by atoms with E-state index in [9.17, 15) is 4.79 Å². The maximum absolute atomic E-state index is 13.0. The van der Waals surface area contributed by atoms with Gasteiger partial charge in [0.15, 0.2) is 5.78 Å². The largest absolute Gasteiger partial charge is 0.371 e. The van der Waals surface area contributed by atoms with Crippen LogP contribution in [0.5, 0.6) is 0 Å². The molecule has 2 aliphatic heterocycles. The Bertz CT molecular complexity index is 1240. The van der Waals surface area contributed by atoms with Gasteiger partial charge in [0, 0.05) is 44.0 Å². The molecule has 208 valence electrons. The first-order chi connectivity index (χ1) is 18.4. The summed E-state index contributed by atoms with van der Waals surface area (Å²) in [5.74, 6) is 0.532. The summed E-state index contributed by atoms with van der Waals surface area (Å²) in [5.41, 5.74) is 9.09. The predicted octanol–water partition coefficient (Wildman–Crippen LogP) is 8.32. The van der Waals surface area contributed by atoms with Crippen molar-refractivity contribution in [2.24, 2.45) is 21.8 Å². The lowest BCUT2D eigenvalue weighted by molar-refractivity contribution is -0.111. The summed E-state index contributed by atoms with van der Waals surface area (Å²) in [5, 5.41) is 0. The van der Waals surface area contributed by atoms with Crippen LogP contribution in [0.15, 0.2) is 118 Å². The van der Waals surface area contributed by atoms with Crippen LogP contribution < -0.4 is 0 Å². The summed E-state index contributed by atoms with van der Waals surface area (Å²) in [6.45, 7) is 30.9. The lowest BCUT2D eigenvalue weighted by atomic mass is 9.92. The van der Waals surface area contributed by atoms with E-state index in [1.165, 1.54) is 5.57 Å². The Morgan fingerprint density at radius 1 is 1.23 bits per heavy atom. The number of aliphatic imine (C=N–C) groups is 2. The van der Waals surface area contributed by atoms with Crippen molar-refractivity contribution in [1.29, 1.82) is 0 Å². The first-order valence-electron chi connectivity index (χ1n) is 13.8. The molecule has 0 saturated carbocycles. The smallest absolute Gasteiger partial charge is 0.183 e. The lowest BCUT2D eigenvalue weighted by Crippen LogP contribution is -2.26. The highest BCUT2D eigenvalue weighted by molar-refractivity contribution is 6.20. The van der Waals surface area contributed by atoms with Crippen LogP contribution in [0.2, 0.25) is 0 Å². The maximum Gasteiger partial charge on any atom is 0.183 e. The fraction of sp³-hybridized carbons (Fsp3) is 0.400. The molecule has 39 heavy (non-hydrogen) atoms. The van der Waals surface area contributed by atoms with Crippen LogP contribution in [0, 0.1) is 11.8 Å². The zero-order chi connectivity index (χ0) is 29.3. The van der Waals surface area contributed by atoms with Gasteiger partial charge in [0.05, 0.1) is 11.4 Å². The second kappa shape index (κ2) is 14.6. The Morgan fingerprint density at radius 3 is 2.51 bits per heavy atom. The van der Waals surface area contributed by atoms with Crippen LogP contribution in [-0.4, -0.2) is 42.2 Å². The van der Waals surface area contributed by atoms with Crippen molar-refractivity contribution in [3.05, 3.63) is 108 Å². The van der Waals surface area contributed by atoms with Gasteiger partial charge in [-0.2, -0.15) is 0 Å². The third kappa shape index (κ3) is 9.02. The van der Waals surface area contributed by atoms with Crippen molar-refractivity contribution in [2.75, 3.05) is 20.1 Å². The van der Waals surface area contributed by atoms with Crippen molar-refractivity contribution in [1.82, 2.24) is 4.90 Å². The van der Waals surface area contributed by atoms with Gasteiger partial charge >= 0.3 is 0 Å². The second-order valence-electron chi connectivity index (χ2n) is 10.9. The Kier molecular flexibility index (Phi) is 11.8. The van der Waals surface area contributed by atoms with E-state index in [1.807, 2.05) is 26.0 Å². The molecule has 4 nitrogen and oxygen atoms in total. The highest BCUT2D eigenvalue weighted by Gasteiger charge is 2.21. The van der Waals surface area contributed by atoms with E-state index in [0.29, 0.717) is 29.3 Å². The molecule has 0 radical (unpaired) electrons.